The summed E-state index contributed by atoms with van der Waals surface area (Å²) in [6, 6.07) is 9.28. The molecule has 0 N–H and O–H groups in total. The number of aryl methyl sites for hydroxylation is 2. The largest absolute Gasteiger partial charge is 0.416 e. The maximum Gasteiger partial charge on any atom is 0.416 e. The Bertz CT molecular complexity index is 573. The fourth-order valence-electron chi connectivity index (χ4n) is 1.88. The van der Waals surface area contributed by atoms with Crippen molar-refractivity contribution >= 4 is 0 Å². The van der Waals surface area contributed by atoms with Gasteiger partial charge in [0.15, 0.2) is 6.20 Å². The van der Waals surface area contributed by atoms with E-state index in [-0.39, 0.29) is 0 Å². The molecule has 1 aromatic carbocycles. The summed E-state index contributed by atoms with van der Waals surface area (Å²) in [6.45, 7) is 1.81. The zero-order chi connectivity index (χ0) is 13.3. The minimum atomic E-state index is -4.31. The lowest BCUT2D eigenvalue weighted by molar-refractivity contribution is -0.660. The lowest BCUT2D eigenvalue weighted by Gasteiger charge is -2.10. The standard InChI is InChI=1S/C14H13F3N/c1-10-6-7-11(14(15,16)17)9-12(10)13-5-3-4-8-18(13)2/h3-9H,1-2H3/q+1. The Hall–Kier alpha value is -1.84. The molecule has 1 nitrogen and oxygen atoms in total. The van der Waals surface area contributed by atoms with E-state index in [0.717, 1.165) is 17.3 Å². The van der Waals surface area contributed by atoms with Crippen LogP contribution in [0.1, 0.15) is 11.1 Å². The SMILES string of the molecule is Cc1ccc(C(F)(F)F)cc1-c1cccc[n+]1C. The van der Waals surface area contributed by atoms with Crippen LogP contribution in [0.4, 0.5) is 13.2 Å². The van der Waals surface area contributed by atoms with E-state index < -0.39 is 11.7 Å². The number of hydrogen-bond acceptors (Lipinski definition) is 0. The predicted molar refractivity (Wildman–Crippen MR) is 62.8 cm³/mol. The molecular weight excluding hydrogens is 239 g/mol. The zero-order valence-corrected chi connectivity index (χ0v) is 10.1. The van der Waals surface area contributed by atoms with Crippen molar-refractivity contribution in [2.45, 2.75) is 13.1 Å². The van der Waals surface area contributed by atoms with Gasteiger partial charge in [0.2, 0.25) is 5.69 Å². The highest BCUT2D eigenvalue weighted by atomic mass is 19.4. The number of pyridine rings is 1. The van der Waals surface area contributed by atoms with E-state index in [2.05, 4.69) is 0 Å². The molecule has 0 aliphatic carbocycles. The minimum absolute atomic E-state index is 0.605. The molecule has 94 valence electrons. The number of rotatable bonds is 1. The van der Waals surface area contributed by atoms with Crippen LogP contribution in [0.25, 0.3) is 11.3 Å². The second kappa shape index (κ2) is 4.44. The number of halogens is 3. The van der Waals surface area contributed by atoms with Crippen molar-refractivity contribution in [3.8, 4) is 11.3 Å². The van der Waals surface area contributed by atoms with E-state index in [1.807, 2.05) is 42.9 Å². The molecule has 0 saturated heterocycles. The Morgan fingerprint density at radius 3 is 2.39 bits per heavy atom. The molecule has 0 bridgehead atoms. The van der Waals surface area contributed by atoms with Gasteiger partial charge in [0.05, 0.1) is 5.56 Å². The van der Waals surface area contributed by atoms with E-state index in [4.69, 9.17) is 0 Å². The highest BCUT2D eigenvalue weighted by Gasteiger charge is 2.31. The van der Waals surface area contributed by atoms with Crippen LogP contribution in [-0.2, 0) is 13.2 Å². The fraction of sp³-hybridized carbons (Fsp3) is 0.214. The van der Waals surface area contributed by atoms with Crippen LogP contribution in [0.2, 0.25) is 0 Å². The van der Waals surface area contributed by atoms with Crippen LogP contribution in [0.3, 0.4) is 0 Å². The van der Waals surface area contributed by atoms with Crippen LogP contribution in [-0.4, -0.2) is 0 Å². The molecule has 0 unspecified atom stereocenters. The molecule has 0 spiro atoms. The lowest BCUT2D eigenvalue weighted by atomic mass is 10.0. The summed E-state index contributed by atoms with van der Waals surface area (Å²) in [5, 5.41) is 0. The average molecular weight is 252 g/mol. The van der Waals surface area contributed by atoms with Crippen LogP contribution >= 0.6 is 0 Å². The van der Waals surface area contributed by atoms with Crippen LogP contribution < -0.4 is 4.57 Å². The first-order chi connectivity index (χ1) is 8.39. The molecule has 0 radical (unpaired) electrons. The summed E-state index contributed by atoms with van der Waals surface area (Å²) in [5.74, 6) is 0. The Morgan fingerprint density at radius 2 is 1.78 bits per heavy atom. The number of aromatic nitrogens is 1. The second-order valence-electron chi connectivity index (χ2n) is 4.22. The lowest BCUT2D eigenvalue weighted by Crippen LogP contribution is -2.30. The van der Waals surface area contributed by atoms with Gasteiger partial charge < -0.3 is 0 Å². The van der Waals surface area contributed by atoms with Gasteiger partial charge in [-0.25, -0.2) is 4.57 Å². The Kier molecular flexibility index (Phi) is 3.11. The van der Waals surface area contributed by atoms with Crippen molar-refractivity contribution in [2.75, 3.05) is 0 Å². The predicted octanol–water partition coefficient (Wildman–Crippen LogP) is 3.51. The molecule has 4 heteroatoms. The first-order valence-corrected chi connectivity index (χ1v) is 5.52. The smallest absolute Gasteiger partial charge is 0.201 e. The monoisotopic (exact) mass is 252 g/mol. The summed E-state index contributed by atoms with van der Waals surface area (Å²) in [7, 11) is 1.81. The zero-order valence-electron chi connectivity index (χ0n) is 10.1. The third-order valence-corrected chi connectivity index (χ3v) is 2.90. The third-order valence-electron chi connectivity index (χ3n) is 2.90. The van der Waals surface area contributed by atoms with E-state index in [1.54, 1.807) is 0 Å². The van der Waals surface area contributed by atoms with Crippen molar-refractivity contribution in [1.29, 1.82) is 0 Å². The van der Waals surface area contributed by atoms with Crippen molar-refractivity contribution < 1.29 is 17.7 Å². The van der Waals surface area contributed by atoms with Gasteiger partial charge in [-0.3, -0.25) is 0 Å². The van der Waals surface area contributed by atoms with Gasteiger partial charge in [0.25, 0.3) is 0 Å². The van der Waals surface area contributed by atoms with Crippen molar-refractivity contribution in [2.24, 2.45) is 7.05 Å². The van der Waals surface area contributed by atoms with E-state index >= 15 is 0 Å². The summed E-state index contributed by atoms with van der Waals surface area (Å²) in [5.41, 5.74) is 1.57. The maximum atomic E-state index is 12.7. The molecule has 0 atom stereocenters. The molecule has 0 saturated carbocycles. The van der Waals surface area contributed by atoms with Gasteiger partial charge >= 0.3 is 6.18 Å². The molecule has 0 amide bonds. The molecule has 1 heterocycles. The maximum absolute atomic E-state index is 12.7. The van der Waals surface area contributed by atoms with Gasteiger partial charge in [-0.2, -0.15) is 13.2 Å². The van der Waals surface area contributed by atoms with Crippen LogP contribution in [0.15, 0.2) is 42.6 Å². The highest BCUT2D eigenvalue weighted by molar-refractivity contribution is 5.62. The highest BCUT2D eigenvalue weighted by Crippen LogP contribution is 2.32. The quantitative estimate of drug-likeness (QED) is 0.684. The molecular formula is C14H13F3N+. The first-order valence-electron chi connectivity index (χ1n) is 5.52. The summed E-state index contributed by atoms with van der Waals surface area (Å²) < 4.78 is 39.9. The van der Waals surface area contributed by atoms with Crippen LogP contribution in [0.5, 0.6) is 0 Å². The second-order valence-corrected chi connectivity index (χ2v) is 4.22. The average Bonchev–Trinajstić information content (AvgIpc) is 2.29. The van der Waals surface area contributed by atoms with Gasteiger partial charge in [-0.15, -0.1) is 0 Å². The Morgan fingerprint density at radius 1 is 1.06 bits per heavy atom. The summed E-state index contributed by atoms with van der Waals surface area (Å²) in [6.07, 6.45) is -2.50. The molecule has 2 rings (SSSR count). The van der Waals surface area contributed by atoms with Crippen molar-refractivity contribution in [3.63, 3.8) is 0 Å². The minimum Gasteiger partial charge on any atom is -0.201 e. The van der Waals surface area contributed by atoms with E-state index in [0.29, 0.717) is 5.56 Å². The normalized spacial score (nSPS) is 11.6. The van der Waals surface area contributed by atoms with Gasteiger partial charge in [-0.05, 0) is 30.7 Å². The fourth-order valence-corrected chi connectivity index (χ4v) is 1.88. The molecule has 0 fully saturated rings. The number of nitrogens with zero attached hydrogens (tertiary/aromatic N) is 1. The molecule has 18 heavy (non-hydrogen) atoms. The Balaban J connectivity index is 2.61. The van der Waals surface area contributed by atoms with Gasteiger partial charge in [-0.1, -0.05) is 6.07 Å². The van der Waals surface area contributed by atoms with Crippen molar-refractivity contribution in [1.82, 2.24) is 0 Å². The van der Waals surface area contributed by atoms with Crippen LogP contribution in [0, 0.1) is 6.92 Å². The van der Waals surface area contributed by atoms with Gasteiger partial charge in [0.1, 0.15) is 7.05 Å². The summed E-state index contributed by atoms with van der Waals surface area (Å²) in [4.78, 5) is 0. The topological polar surface area (TPSA) is 3.88 Å². The molecule has 0 aliphatic heterocycles. The van der Waals surface area contributed by atoms with Crippen molar-refractivity contribution in [3.05, 3.63) is 53.7 Å². The molecule has 2 aromatic rings. The summed E-state index contributed by atoms with van der Waals surface area (Å²) >= 11 is 0. The first kappa shape index (κ1) is 12.6. The number of alkyl halides is 3. The van der Waals surface area contributed by atoms with Gasteiger partial charge in [0, 0.05) is 17.7 Å². The number of hydrogen-bond donors (Lipinski definition) is 0. The molecule has 0 aliphatic rings. The van der Waals surface area contributed by atoms with E-state index in [1.165, 1.54) is 12.1 Å². The Labute approximate surface area is 104 Å². The third kappa shape index (κ3) is 2.37. The molecule has 1 aromatic heterocycles. The van der Waals surface area contributed by atoms with E-state index in [9.17, 15) is 13.2 Å². The number of benzene rings is 1.